The second-order valence-corrected chi connectivity index (χ2v) is 4.59. The molecule has 0 radical (unpaired) electrons. The fraction of sp³-hybridized carbons (Fsp3) is 0.100. The third-order valence-corrected chi connectivity index (χ3v) is 2.97. The highest BCUT2D eigenvalue weighted by Crippen LogP contribution is 2.25. The van der Waals surface area contributed by atoms with Crippen LogP contribution in [-0.2, 0) is 0 Å². The van der Waals surface area contributed by atoms with Gasteiger partial charge in [0.05, 0.1) is 0 Å². The molecule has 2 rings (SSSR count). The first kappa shape index (κ1) is 9.16. The molecule has 1 aromatic carbocycles. The number of rotatable bonds is 0. The van der Waals surface area contributed by atoms with Gasteiger partial charge in [-0.15, -0.1) is 0 Å². The summed E-state index contributed by atoms with van der Waals surface area (Å²) in [5, 5.41) is 2.35. The van der Waals surface area contributed by atoms with Gasteiger partial charge in [0.1, 0.15) is 4.60 Å². The van der Waals surface area contributed by atoms with Crippen LogP contribution < -0.4 is 0 Å². The number of hydrogen-bond acceptors (Lipinski definition) is 1. The van der Waals surface area contributed by atoms with Gasteiger partial charge in [-0.3, -0.25) is 0 Å². The van der Waals surface area contributed by atoms with Crippen LogP contribution in [0.2, 0.25) is 0 Å². The minimum Gasteiger partial charge on any atom is -0.246 e. The number of benzene rings is 1. The number of aromatic nitrogens is 1. The average molecular weight is 301 g/mol. The van der Waals surface area contributed by atoms with Gasteiger partial charge in [-0.1, -0.05) is 22.0 Å². The summed E-state index contributed by atoms with van der Waals surface area (Å²) in [5.41, 5.74) is 1.03. The maximum atomic E-state index is 4.34. The summed E-state index contributed by atoms with van der Waals surface area (Å²) in [6, 6.07) is 8.26. The third kappa shape index (κ3) is 1.76. The molecule has 0 aliphatic heterocycles. The van der Waals surface area contributed by atoms with Crippen molar-refractivity contribution >= 4 is 42.6 Å². The SMILES string of the molecule is Cc1cc2ccc(Br)cc2c(Br)n1. The monoisotopic (exact) mass is 299 g/mol. The molecule has 13 heavy (non-hydrogen) atoms. The lowest BCUT2D eigenvalue weighted by molar-refractivity contribution is 1.19. The smallest absolute Gasteiger partial charge is 0.114 e. The van der Waals surface area contributed by atoms with Crippen LogP contribution in [0.4, 0.5) is 0 Å². The van der Waals surface area contributed by atoms with E-state index in [0.29, 0.717) is 0 Å². The summed E-state index contributed by atoms with van der Waals surface area (Å²) in [6.07, 6.45) is 0. The minimum atomic E-state index is 0.906. The van der Waals surface area contributed by atoms with Crippen molar-refractivity contribution in [2.24, 2.45) is 0 Å². The van der Waals surface area contributed by atoms with E-state index in [2.05, 4.69) is 55.0 Å². The first-order valence-electron chi connectivity index (χ1n) is 3.89. The van der Waals surface area contributed by atoms with E-state index in [0.717, 1.165) is 20.2 Å². The first-order chi connectivity index (χ1) is 6.16. The van der Waals surface area contributed by atoms with E-state index in [1.54, 1.807) is 0 Å². The normalized spacial score (nSPS) is 10.7. The Balaban J connectivity index is 2.87. The largest absolute Gasteiger partial charge is 0.246 e. The van der Waals surface area contributed by atoms with Crippen molar-refractivity contribution in [2.45, 2.75) is 6.92 Å². The molecule has 0 amide bonds. The maximum absolute atomic E-state index is 4.34. The molecule has 0 N–H and O–H groups in total. The van der Waals surface area contributed by atoms with Crippen molar-refractivity contribution in [3.8, 4) is 0 Å². The lowest BCUT2D eigenvalue weighted by atomic mass is 10.1. The summed E-state index contributed by atoms with van der Waals surface area (Å²) in [6.45, 7) is 1.99. The Hall–Kier alpha value is -0.410. The number of aryl methyl sites for hydroxylation is 1. The van der Waals surface area contributed by atoms with Crippen LogP contribution in [0.1, 0.15) is 5.69 Å². The summed E-state index contributed by atoms with van der Waals surface area (Å²) >= 11 is 6.89. The Morgan fingerprint density at radius 3 is 2.69 bits per heavy atom. The van der Waals surface area contributed by atoms with E-state index in [4.69, 9.17) is 0 Å². The summed E-state index contributed by atoms with van der Waals surface area (Å²) < 4.78 is 1.98. The lowest BCUT2D eigenvalue weighted by Crippen LogP contribution is -1.84. The van der Waals surface area contributed by atoms with Gasteiger partial charge in [0, 0.05) is 15.6 Å². The van der Waals surface area contributed by atoms with E-state index in [9.17, 15) is 0 Å². The highest BCUT2D eigenvalue weighted by atomic mass is 79.9. The predicted octanol–water partition coefficient (Wildman–Crippen LogP) is 4.07. The van der Waals surface area contributed by atoms with Gasteiger partial charge in [0.25, 0.3) is 0 Å². The van der Waals surface area contributed by atoms with Gasteiger partial charge in [0.15, 0.2) is 0 Å². The number of hydrogen-bond donors (Lipinski definition) is 0. The molecule has 0 saturated heterocycles. The summed E-state index contributed by atoms with van der Waals surface area (Å²) in [5.74, 6) is 0. The molecule has 0 fully saturated rings. The van der Waals surface area contributed by atoms with E-state index < -0.39 is 0 Å². The van der Waals surface area contributed by atoms with Crippen molar-refractivity contribution in [3.05, 3.63) is 39.0 Å². The summed E-state index contributed by atoms with van der Waals surface area (Å²) in [7, 11) is 0. The molecule has 0 spiro atoms. The fourth-order valence-electron chi connectivity index (χ4n) is 1.31. The Morgan fingerprint density at radius 2 is 1.92 bits per heavy atom. The molecule has 66 valence electrons. The molecule has 1 aromatic heterocycles. The Bertz CT molecular complexity index is 466. The second-order valence-electron chi connectivity index (χ2n) is 2.92. The highest BCUT2D eigenvalue weighted by molar-refractivity contribution is 9.11. The number of fused-ring (bicyclic) bond motifs is 1. The van der Waals surface area contributed by atoms with Crippen LogP contribution in [0.15, 0.2) is 33.3 Å². The van der Waals surface area contributed by atoms with Gasteiger partial charge in [-0.05, 0) is 46.4 Å². The molecule has 0 saturated carbocycles. The van der Waals surface area contributed by atoms with Crippen LogP contribution in [0, 0.1) is 6.92 Å². The highest BCUT2D eigenvalue weighted by Gasteiger charge is 2.01. The summed E-state index contributed by atoms with van der Waals surface area (Å²) in [4.78, 5) is 4.34. The van der Waals surface area contributed by atoms with Gasteiger partial charge < -0.3 is 0 Å². The van der Waals surface area contributed by atoms with Crippen LogP contribution >= 0.6 is 31.9 Å². The minimum absolute atomic E-state index is 0.906. The lowest BCUT2D eigenvalue weighted by Gasteiger charge is -2.02. The van der Waals surface area contributed by atoms with E-state index >= 15 is 0 Å². The molecular formula is C10H7Br2N. The predicted molar refractivity (Wildman–Crippen MR) is 61.9 cm³/mol. The number of pyridine rings is 1. The molecule has 0 unspecified atom stereocenters. The zero-order valence-electron chi connectivity index (χ0n) is 7.01. The van der Waals surface area contributed by atoms with Crippen LogP contribution in [0.5, 0.6) is 0 Å². The van der Waals surface area contributed by atoms with Crippen LogP contribution in [0.25, 0.3) is 10.8 Å². The molecular weight excluding hydrogens is 294 g/mol. The van der Waals surface area contributed by atoms with E-state index in [1.165, 1.54) is 5.39 Å². The third-order valence-electron chi connectivity index (χ3n) is 1.88. The van der Waals surface area contributed by atoms with Crippen molar-refractivity contribution in [1.82, 2.24) is 4.98 Å². The quantitative estimate of drug-likeness (QED) is 0.668. The first-order valence-corrected chi connectivity index (χ1v) is 5.48. The van der Waals surface area contributed by atoms with Gasteiger partial charge in [0.2, 0.25) is 0 Å². The Morgan fingerprint density at radius 1 is 1.15 bits per heavy atom. The van der Waals surface area contributed by atoms with Gasteiger partial charge in [-0.2, -0.15) is 0 Å². The van der Waals surface area contributed by atoms with Crippen molar-refractivity contribution < 1.29 is 0 Å². The number of nitrogens with zero attached hydrogens (tertiary/aromatic N) is 1. The van der Waals surface area contributed by atoms with Crippen molar-refractivity contribution in [1.29, 1.82) is 0 Å². The van der Waals surface area contributed by atoms with Crippen molar-refractivity contribution in [3.63, 3.8) is 0 Å². The molecule has 0 bridgehead atoms. The standard InChI is InChI=1S/C10H7Br2N/c1-6-4-7-2-3-8(11)5-9(7)10(12)13-6/h2-5H,1H3. The molecule has 0 atom stereocenters. The zero-order valence-corrected chi connectivity index (χ0v) is 10.2. The Kier molecular flexibility index (Phi) is 2.39. The zero-order chi connectivity index (χ0) is 9.42. The van der Waals surface area contributed by atoms with Gasteiger partial charge in [-0.25, -0.2) is 4.98 Å². The van der Waals surface area contributed by atoms with E-state index in [1.807, 2.05) is 13.0 Å². The second kappa shape index (κ2) is 3.39. The van der Waals surface area contributed by atoms with Crippen LogP contribution in [0.3, 0.4) is 0 Å². The van der Waals surface area contributed by atoms with Crippen LogP contribution in [-0.4, -0.2) is 4.98 Å². The van der Waals surface area contributed by atoms with E-state index in [-0.39, 0.29) is 0 Å². The maximum Gasteiger partial charge on any atom is 0.114 e. The molecule has 2 aromatic rings. The topological polar surface area (TPSA) is 12.9 Å². The molecule has 1 nitrogen and oxygen atoms in total. The molecule has 1 heterocycles. The average Bonchev–Trinajstić information content (AvgIpc) is 2.06. The molecule has 0 aliphatic rings. The Labute approximate surface area is 93.4 Å². The van der Waals surface area contributed by atoms with Gasteiger partial charge >= 0.3 is 0 Å². The number of halogens is 2. The van der Waals surface area contributed by atoms with Crippen molar-refractivity contribution in [2.75, 3.05) is 0 Å². The fourth-order valence-corrected chi connectivity index (χ4v) is 2.29. The molecule has 3 heteroatoms. The molecule has 0 aliphatic carbocycles.